The summed E-state index contributed by atoms with van der Waals surface area (Å²) in [5, 5.41) is 4.09. The molecule has 0 bridgehead atoms. The van der Waals surface area contributed by atoms with Crippen LogP contribution in [0.4, 0.5) is 5.13 Å². The zero-order chi connectivity index (χ0) is 13.4. The second-order valence-electron chi connectivity index (χ2n) is 4.18. The molecule has 1 aliphatic heterocycles. The van der Waals surface area contributed by atoms with Crippen LogP contribution in [0.15, 0.2) is 5.10 Å². The van der Waals surface area contributed by atoms with E-state index in [0.717, 1.165) is 30.2 Å². The van der Waals surface area contributed by atoms with Crippen molar-refractivity contribution in [3.8, 4) is 0 Å². The minimum absolute atomic E-state index is 0.425. The molecule has 1 N–H and O–H groups in total. The van der Waals surface area contributed by atoms with Gasteiger partial charge in [0.25, 0.3) is 5.71 Å². The van der Waals surface area contributed by atoms with Gasteiger partial charge in [0, 0.05) is 24.4 Å². The Balaban J connectivity index is 1.70. The number of cyclic esters (lactones) is 2. The molecular weight excluding hydrogens is 272 g/mol. The number of carbonyl (C=O) groups excluding carboxylic acids is 2. The number of nitrogens with one attached hydrogen (secondary N) is 1. The molecule has 0 radical (unpaired) electrons. The van der Waals surface area contributed by atoms with Crippen molar-refractivity contribution >= 4 is 34.3 Å². The van der Waals surface area contributed by atoms with Gasteiger partial charge in [-0.3, -0.25) is 5.43 Å². The second kappa shape index (κ2) is 4.57. The summed E-state index contributed by atoms with van der Waals surface area (Å²) < 4.78 is 13.6. The van der Waals surface area contributed by atoms with Crippen LogP contribution in [-0.2, 0) is 19.1 Å². The average Bonchev–Trinajstić information content (AvgIpc) is 3.08. The van der Waals surface area contributed by atoms with Crippen molar-refractivity contribution in [1.82, 2.24) is 9.36 Å². The average molecular weight is 282 g/mol. The van der Waals surface area contributed by atoms with Gasteiger partial charge in [-0.25, -0.2) is 14.6 Å². The lowest BCUT2D eigenvalue weighted by atomic mass is 10.3. The van der Waals surface area contributed by atoms with E-state index in [-0.39, 0.29) is 0 Å². The molecule has 1 aliphatic carbocycles. The first-order valence-corrected chi connectivity index (χ1v) is 6.50. The van der Waals surface area contributed by atoms with Crippen molar-refractivity contribution in [3.05, 3.63) is 5.82 Å². The molecule has 0 unspecified atom stereocenters. The lowest BCUT2D eigenvalue weighted by Crippen LogP contribution is -2.40. The van der Waals surface area contributed by atoms with Crippen molar-refractivity contribution < 1.29 is 19.1 Å². The molecule has 1 saturated carbocycles. The monoisotopic (exact) mass is 282 g/mol. The van der Waals surface area contributed by atoms with Crippen LogP contribution in [0.3, 0.4) is 0 Å². The van der Waals surface area contributed by atoms with Gasteiger partial charge in [0.15, 0.2) is 0 Å². The fraction of sp³-hybridized carbons (Fsp3) is 0.500. The lowest BCUT2D eigenvalue weighted by molar-refractivity contribution is -0.182. The number of aromatic nitrogens is 2. The predicted octanol–water partition coefficient (Wildman–Crippen LogP) is 0.629. The third-order valence-corrected chi connectivity index (χ3v) is 3.21. The number of esters is 2. The molecule has 0 spiro atoms. The van der Waals surface area contributed by atoms with E-state index in [1.54, 1.807) is 0 Å². The van der Waals surface area contributed by atoms with Gasteiger partial charge in [0.2, 0.25) is 11.4 Å². The van der Waals surface area contributed by atoms with Crippen LogP contribution in [0.25, 0.3) is 0 Å². The summed E-state index contributed by atoms with van der Waals surface area (Å²) in [5.41, 5.74) is 2.09. The van der Waals surface area contributed by atoms with E-state index < -0.39 is 23.9 Å². The van der Waals surface area contributed by atoms with E-state index in [2.05, 4.69) is 19.9 Å². The Labute approximate surface area is 112 Å². The topological polar surface area (TPSA) is 103 Å². The van der Waals surface area contributed by atoms with E-state index >= 15 is 0 Å². The van der Waals surface area contributed by atoms with E-state index in [1.807, 2.05) is 0 Å². The summed E-state index contributed by atoms with van der Waals surface area (Å²) in [6.07, 6.45) is 1.31. The highest BCUT2D eigenvalue weighted by molar-refractivity contribution is 7.09. The largest absolute Gasteiger partial charge is 0.420 e. The summed E-state index contributed by atoms with van der Waals surface area (Å²) in [5.74, 6) is -0.425. The first kappa shape index (κ1) is 12.0. The maximum Gasteiger partial charge on any atom is 0.369 e. The Morgan fingerprint density at radius 3 is 2.63 bits per heavy atom. The Morgan fingerprint density at radius 1 is 1.32 bits per heavy atom. The third kappa shape index (κ3) is 2.55. The normalized spacial score (nSPS) is 22.8. The SMILES string of the molecule is CC1OC(=O)C(=NNc2nc(C3CC3)ns2)C(=O)O1. The van der Waals surface area contributed by atoms with Gasteiger partial charge in [-0.05, 0) is 12.8 Å². The van der Waals surface area contributed by atoms with Crippen molar-refractivity contribution in [3.63, 3.8) is 0 Å². The van der Waals surface area contributed by atoms with Crippen LogP contribution in [-0.4, -0.2) is 33.3 Å². The van der Waals surface area contributed by atoms with Crippen molar-refractivity contribution in [2.24, 2.45) is 5.10 Å². The zero-order valence-corrected chi connectivity index (χ0v) is 10.8. The number of ether oxygens (including phenoxy) is 2. The minimum atomic E-state index is -0.887. The molecule has 19 heavy (non-hydrogen) atoms. The van der Waals surface area contributed by atoms with Crippen LogP contribution in [0.5, 0.6) is 0 Å². The smallest absolute Gasteiger partial charge is 0.369 e. The fourth-order valence-electron chi connectivity index (χ4n) is 1.50. The third-order valence-electron chi connectivity index (χ3n) is 2.58. The highest BCUT2D eigenvalue weighted by Crippen LogP contribution is 2.39. The molecule has 2 fully saturated rings. The van der Waals surface area contributed by atoms with E-state index in [1.165, 1.54) is 6.92 Å². The first-order chi connectivity index (χ1) is 9.13. The maximum atomic E-state index is 11.4. The number of rotatable bonds is 3. The van der Waals surface area contributed by atoms with Gasteiger partial charge in [-0.2, -0.15) is 9.47 Å². The fourth-order valence-corrected chi connectivity index (χ4v) is 2.09. The van der Waals surface area contributed by atoms with Gasteiger partial charge in [0.05, 0.1) is 0 Å². The summed E-state index contributed by atoms with van der Waals surface area (Å²) in [7, 11) is 0. The van der Waals surface area contributed by atoms with Crippen LogP contribution >= 0.6 is 11.5 Å². The Bertz CT molecular complexity index is 546. The molecule has 1 aromatic heterocycles. The zero-order valence-electron chi connectivity index (χ0n) is 9.95. The molecule has 9 heteroatoms. The number of hydrogen-bond donors (Lipinski definition) is 1. The predicted molar refractivity (Wildman–Crippen MR) is 64.6 cm³/mol. The summed E-state index contributed by atoms with van der Waals surface area (Å²) in [4.78, 5) is 27.1. The molecule has 2 aliphatic rings. The molecule has 0 amide bonds. The van der Waals surface area contributed by atoms with E-state index in [4.69, 9.17) is 9.47 Å². The molecule has 1 saturated heterocycles. The highest BCUT2D eigenvalue weighted by atomic mass is 32.1. The van der Waals surface area contributed by atoms with Crippen molar-refractivity contribution in [2.45, 2.75) is 32.0 Å². The molecule has 1 aromatic rings. The van der Waals surface area contributed by atoms with E-state index in [9.17, 15) is 9.59 Å². The minimum Gasteiger partial charge on any atom is -0.420 e. The summed E-state index contributed by atoms with van der Waals surface area (Å²) in [6, 6.07) is 0. The molecular formula is C10H10N4O4S. The molecule has 2 heterocycles. The van der Waals surface area contributed by atoms with Crippen molar-refractivity contribution in [2.75, 3.05) is 5.43 Å². The van der Waals surface area contributed by atoms with Crippen LogP contribution in [0.2, 0.25) is 0 Å². The Morgan fingerprint density at radius 2 is 2.00 bits per heavy atom. The standard InChI is InChI=1S/C10H10N4O4S/c1-4-17-8(15)6(9(16)18-4)12-13-10-11-7(14-19-10)5-2-3-5/h4-5H,2-3H2,1H3,(H,11,13,14). The molecule has 8 nitrogen and oxygen atoms in total. The Kier molecular flexibility index (Phi) is 2.90. The quantitative estimate of drug-likeness (QED) is 0.640. The molecule has 0 aromatic carbocycles. The van der Waals surface area contributed by atoms with Crippen LogP contribution < -0.4 is 5.43 Å². The Hall–Kier alpha value is -2.03. The van der Waals surface area contributed by atoms with E-state index in [0.29, 0.717) is 11.0 Å². The van der Waals surface area contributed by atoms with Gasteiger partial charge >= 0.3 is 11.9 Å². The summed E-state index contributed by atoms with van der Waals surface area (Å²) >= 11 is 1.13. The van der Waals surface area contributed by atoms with Gasteiger partial charge in [0.1, 0.15) is 5.82 Å². The number of carbonyl (C=O) groups is 2. The van der Waals surface area contributed by atoms with Gasteiger partial charge in [-0.1, -0.05) is 0 Å². The molecule has 0 atom stereocenters. The second-order valence-corrected chi connectivity index (χ2v) is 4.93. The first-order valence-electron chi connectivity index (χ1n) is 5.73. The summed E-state index contributed by atoms with van der Waals surface area (Å²) in [6.45, 7) is 1.45. The molecule has 3 rings (SSSR count). The number of hydrogen-bond acceptors (Lipinski definition) is 9. The van der Waals surface area contributed by atoms with Crippen molar-refractivity contribution in [1.29, 1.82) is 0 Å². The van der Waals surface area contributed by atoms with Crippen LogP contribution in [0, 0.1) is 0 Å². The van der Waals surface area contributed by atoms with Gasteiger partial charge < -0.3 is 9.47 Å². The number of nitrogens with zero attached hydrogens (tertiary/aromatic N) is 3. The van der Waals surface area contributed by atoms with Gasteiger partial charge in [-0.15, -0.1) is 0 Å². The lowest BCUT2D eigenvalue weighted by Gasteiger charge is -2.19. The molecule has 100 valence electrons. The van der Waals surface area contributed by atoms with Crippen LogP contribution in [0.1, 0.15) is 31.5 Å². The maximum absolute atomic E-state index is 11.4. The highest BCUT2D eigenvalue weighted by Gasteiger charge is 2.33. The number of anilines is 1. The number of hydrazone groups is 1.